The molecule has 1 aliphatic rings. The number of nitrogens with zero attached hydrogens (tertiary/aromatic N) is 2. The molecule has 0 unspecified atom stereocenters. The summed E-state index contributed by atoms with van der Waals surface area (Å²) in [4.78, 5) is 8.66. The highest BCUT2D eigenvalue weighted by molar-refractivity contribution is 7.89. The zero-order valence-electron chi connectivity index (χ0n) is 13.9. The second-order valence-corrected chi connectivity index (χ2v) is 7.75. The Hall–Kier alpha value is -2.77. The van der Waals surface area contributed by atoms with Crippen LogP contribution < -0.4 is 9.46 Å². The molecule has 0 bridgehead atoms. The van der Waals surface area contributed by atoms with Crippen LogP contribution in [0.4, 0.5) is 0 Å². The molecule has 2 aromatic heterocycles. The average molecular weight is 367 g/mol. The lowest BCUT2D eigenvalue weighted by Crippen LogP contribution is -2.23. The van der Waals surface area contributed by atoms with Crippen LogP contribution in [0.1, 0.15) is 11.1 Å². The van der Waals surface area contributed by atoms with Crippen molar-refractivity contribution in [2.45, 2.75) is 17.9 Å². The van der Waals surface area contributed by atoms with Crippen LogP contribution in [0, 0.1) is 0 Å². The maximum absolute atomic E-state index is 12.6. The Bertz CT molecular complexity index is 1040. The van der Waals surface area contributed by atoms with E-state index in [9.17, 15) is 8.42 Å². The van der Waals surface area contributed by atoms with Crippen molar-refractivity contribution in [3.8, 4) is 17.0 Å². The van der Waals surface area contributed by atoms with Crippen LogP contribution in [0.3, 0.4) is 0 Å². The van der Waals surface area contributed by atoms with E-state index in [1.807, 2.05) is 18.2 Å². The monoisotopic (exact) mass is 367 g/mol. The number of aromatic nitrogens is 2. The summed E-state index contributed by atoms with van der Waals surface area (Å²) in [5, 5.41) is 0. The average Bonchev–Trinajstić information content (AvgIpc) is 3.15. The number of benzene rings is 1. The van der Waals surface area contributed by atoms with Gasteiger partial charge in [0.2, 0.25) is 10.0 Å². The second kappa shape index (κ2) is 6.86. The number of hydrogen-bond donors (Lipinski definition) is 1. The van der Waals surface area contributed by atoms with E-state index in [0.717, 1.165) is 34.6 Å². The number of fused-ring (bicyclic) bond motifs is 1. The maximum atomic E-state index is 12.6. The summed E-state index contributed by atoms with van der Waals surface area (Å²) in [5.41, 5.74) is 3.39. The van der Waals surface area contributed by atoms with Gasteiger partial charge in [-0.1, -0.05) is 0 Å². The quantitative estimate of drug-likeness (QED) is 0.749. The molecule has 0 fully saturated rings. The summed E-state index contributed by atoms with van der Waals surface area (Å²) >= 11 is 0. The maximum Gasteiger partial charge on any atom is 0.240 e. The number of nitrogens with one attached hydrogen (secondary N) is 1. The number of sulfonamides is 1. The van der Waals surface area contributed by atoms with Gasteiger partial charge in [-0.15, -0.1) is 0 Å². The minimum atomic E-state index is -3.60. The molecule has 0 saturated heterocycles. The van der Waals surface area contributed by atoms with Crippen molar-refractivity contribution in [1.29, 1.82) is 0 Å². The molecule has 0 aliphatic carbocycles. The fourth-order valence-electron chi connectivity index (χ4n) is 2.85. The molecule has 6 nitrogen and oxygen atoms in total. The molecule has 132 valence electrons. The van der Waals surface area contributed by atoms with Gasteiger partial charge in [0.15, 0.2) is 0 Å². The van der Waals surface area contributed by atoms with Crippen LogP contribution >= 0.6 is 0 Å². The molecule has 1 N–H and O–H groups in total. The molecule has 0 atom stereocenters. The van der Waals surface area contributed by atoms with Gasteiger partial charge in [0.1, 0.15) is 5.75 Å². The lowest BCUT2D eigenvalue weighted by molar-refractivity contribution is 0.356. The molecule has 1 aliphatic heterocycles. The highest BCUT2D eigenvalue weighted by Gasteiger charge is 2.19. The van der Waals surface area contributed by atoms with Gasteiger partial charge in [-0.25, -0.2) is 13.1 Å². The zero-order valence-corrected chi connectivity index (χ0v) is 14.7. The molecule has 7 heteroatoms. The summed E-state index contributed by atoms with van der Waals surface area (Å²) < 4.78 is 33.2. The van der Waals surface area contributed by atoms with Gasteiger partial charge in [-0.05, 0) is 53.6 Å². The van der Waals surface area contributed by atoms with Gasteiger partial charge in [-0.2, -0.15) is 0 Å². The van der Waals surface area contributed by atoms with Crippen molar-refractivity contribution < 1.29 is 13.2 Å². The van der Waals surface area contributed by atoms with Crippen LogP contribution in [0.2, 0.25) is 0 Å². The zero-order chi connectivity index (χ0) is 18.0. The van der Waals surface area contributed by atoms with Gasteiger partial charge in [0.05, 0.1) is 17.2 Å². The van der Waals surface area contributed by atoms with E-state index in [0.29, 0.717) is 6.61 Å². The van der Waals surface area contributed by atoms with Gasteiger partial charge in [0.25, 0.3) is 0 Å². The predicted molar refractivity (Wildman–Crippen MR) is 97.1 cm³/mol. The Morgan fingerprint density at radius 3 is 2.88 bits per heavy atom. The summed E-state index contributed by atoms with van der Waals surface area (Å²) in [6, 6.07) is 12.4. The van der Waals surface area contributed by atoms with E-state index in [4.69, 9.17) is 4.74 Å². The Morgan fingerprint density at radius 1 is 1.12 bits per heavy atom. The van der Waals surface area contributed by atoms with E-state index >= 15 is 0 Å². The third-order valence-corrected chi connectivity index (χ3v) is 5.62. The van der Waals surface area contributed by atoms with Crippen LogP contribution in [-0.4, -0.2) is 25.0 Å². The van der Waals surface area contributed by atoms with E-state index < -0.39 is 10.0 Å². The van der Waals surface area contributed by atoms with Crippen molar-refractivity contribution in [3.63, 3.8) is 0 Å². The molecule has 3 aromatic rings. The third kappa shape index (κ3) is 3.44. The SMILES string of the molecule is O=S(=O)(NCc1ccnc(-c2cccnc2)c1)c1ccc2c(c1)CCO2. The minimum absolute atomic E-state index is 0.186. The lowest BCUT2D eigenvalue weighted by Gasteiger charge is -2.09. The second-order valence-electron chi connectivity index (χ2n) is 5.98. The topological polar surface area (TPSA) is 81.2 Å². The Balaban J connectivity index is 1.52. The molecule has 0 spiro atoms. The van der Waals surface area contributed by atoms with Gasteiger partial charge in [-0.3, -0.25) is 9.97 Å². The molecule has 4 rings (SSSR count). The van der Waals surface area contributed by atoms with Crippen molar-refractivity contribution in [3.05, 3.63) is 72.2 Å². The first-order valence-electron chi connectivity index (χ1n) is 8.22. The lowest BCUT2D eigenvalue weighted by atomic mass is 10.1. The fourth-order valence-corrected chi connectivity index (χ4v) is 3.92. The Morgan fingerprint density at radius 2 is 2.04 bits per heavy atom. The summed E-state index contributed by atoms with van der Waals surface area (Å²) in [6.45, 7) is 0.784. The van der Waals surface area contributed by atoms with Crippen LogP contribution in [0.15, 0.2) is 66.0 Å². The molecule has 0 radical (unpaired) electrons. The van der Waals surface area contributed by atoms with E-state index in [1.54, 1.807) is 42.9 Å². The summed E-state index contributed by atoms with van der Waals surface area (Å²) in [6.07, 6.45) is 5.82. The van der Waals surface area contributed by atoms with Crippen molar-refractivity contribution >= 4 is 10.0 Å². The first kappa shape index (κ1) is 16.7. The smallest absolute Gasteiger partial charge is 0.240 e. The first-order chi connectivity index (χ1) is 12.6. The fraction of sp³-hybridized carbons (Fsp3) is 0.158. The van der Waals surface area contributed by atoms with Crippen molar-refractivity contribution in [2.24, 2.45) is 0 Å². The van der Waals surface area contributed by atoms with Crippen molar-refractivity contribution in [1.82, 2.24) is 14.7 Å². The largest absolute Gasteiger partial charge is 0.493 e. The number of ether oxygens (including phenoxy) is 1. The predicted octanol–water partition coefficient (Wildman–Crippen LogP) is 2.56. The molecule has 0 amide bonds. The van der Waals surface area contributed by atoms with Crippen molar-refractivity contribution in [2.75, 3.05) is 6.61 Å². The number of pyridine rings is 2. The normalized spacial score (nSPS) is 13.2. The van der Waals surface area contributed by atoms with E-state index in [-0.39, 0.29) is 11.4 Å². The summed E-state index contributed by atoms with van der Waals surface area (Å²) in [7, 11) is -3.60. The standard InChI is InChI=1S/C19H17N3O3S/c23-26(24,17-3-4-19-15(11-17)6-9-25-19)22-12-14-5-8-21-18(10-14)16-2-1-7-20-13-16/h1-5,7-8,10-11,13,22H,6,9,12H2. The molecule has 26 heavy (non-hydrogen) atoms. The number of rotatable bonds is 5. The highest BCUT2D eigenvalue weighted by atomic mass is 32.2. The Labute approximate surface area is 151 Å². The van der Waals surface area contributed by atoms with Crippen LogP contribution in [-0.2, 0) is 23.0 Å². The molecule has 1 aromatic carbocycles. The van der Waals surface area contributed by atoms with Gasteiger partial charge < -0.3 is 4.74 Å². The molecule has 0 saturated carbocycles. The highest BCUT2D eigenvalue weighted by Crippen LogP contribution is 2.27. The summed E-state index contributed by atoms with van der Waals surface area (Å²) in [5.74, 6) is 0.763. The Kier molecular flexibility index (Phi) is 4.40. The van der Waals surface area contributed by atoms with E-state index in [1.165, 1.54) is 0 Å². The van der Waals surface area contributed by atoms with Crippen LogP contribution in [0.5, 0.6) is 5.75 Å². The number of hydrogen-bond acceptors (Lipinski definition) is 5. The molecular formula is C19H17N3O3S. The third-order valence-electron chi connectivity index (χ3n) is 4.22. The van der Waals surface area contributed by atoms with Crippen LogP contribution in [0.25, 0.3) is 11.3 Å². The minimum Gasteiger partial charge on any atom is -0.493 e. The van der Waals surface area contributed by atoms with Gasteiger partial charge >= 0.3 is 0 Å². The van der Waals surface area contributed by atoms with Gasteiger partial charge in [0, 0.05) is 37.1 Å². The molecular weight excluding hydrogens is 350 g/mol. The van der Waals surface area contributed by atoms with E-state index in [2.05, 4.69) is 14.7 Å². The molecule has 3 heterocycles. The first-order valence-corrected chi connectivity index (χ1v) is 9.71.